The van der Waals surface area contributed by atoms with Crippen molar-refractivity contribution in [2.75, 3.05) is 18.8 Å². The van der Waals surface area contributed by atoms with Crippen LogP contribution in [0.15, 0.2) is 29.2 Å². The van der Waals surface area contributed by atoms with Gasteiger partial charge < -0.3 is 5.73 Å². The topological polar surface area (TPSA) is 63.4 Å². The summed E-state index contributed by atoms with van der Waals surface area (Å²) in [6, 6.07) is 6.41. The summed E-state index contributed by atoms with van der Waals surface area (Å²) in [6.07, 6.45) is 1.09. The third kappa shape index (κ3) is 2.67. The Morgan fingerprint density at radius 1 is 1.11 bits per heavy atom. The molecule has 0 spiro atoms. The molecule has 0 amide bonds. The van der Waals surface area contributed by atoms with Crippen molar-refractivity contribution in [3.63, 3.8) is 0 Å². The molecule has 1 aliphatic heterocycles. The van der Waals surface area contributed by atoms with Crippen molar-refractivity contribution in [1.82, 2.24) is 4.31 Å². The summed E-state index contributed by atoms with van der Waals surface area (Å²) in [5, 5.41) is 0. The second-order valence-corrected chi connectivity index (χ2v) is 7.28. The van der Waals surface area contributed by atoms with Gasteiger partial charge in [0, 0.05) is 18.8 Å². The normalized spacial score (nSPS) is 26.1. The van der Waals surface area contributed by atoms with E-state index in [2.05, 4.69) is 13.8 Å². The average molecular weight is 268 g/mol. The summed E-state index contributed by atoms with van der Waals surface area (Å²) in [7, 11) is -3.37. The standard InChI is InChI=1S/C13H20N2O2S/c1-10-7-11(2)9-15(8-10)18(16,17)13-5-3-12(14)4-6-13/h3-6,10-11H,7-9,14H2,1-2H3. The lowest BCUT2D eigenvalue weighted by molar-refractivity contribution is 0.222. The van der Waals surface area contributed by atoms with E-state index in [1.165, 1.54) is 0 Å². The fourth-order valence-corrected chi connectivity index (χ4v) is 4.27. The smallest absolute Gasteiger partial charge is 0.243 e. The van der Waals surface area contributed by atoms with Crippen LogP contribution in [0, 0.1) is 11.8 Å². The summed E-state index contributed by atoms with van der Waals surface area (Å²) in [5.74, 6) is 0.828. The molecule has 0 aromatic heterocycles. The van der Waals surface area contributed by atoms with Gasteiger partial charge >= 0.3 is 0 Å². The van der Waals surface area contributed by atoms with Crippen LogP contribution < -0.4 is 5.73 Å². The Morgan fingerprint density at radius 3 is 2.11 bits per heavy atom. The van der Waals surface area contributed by atoms with Crippen LogP contribution in [-0.2, 0) is 10.0 Å². The van der Waals surface area contributed by atoms with Gasteiger partial charge in [-0.2, -0.15) is 4.31 Å². The molecule has 5 heteroatoms. The molecule has 1 fully saturated rings. The van der Waals surface area contributed by atoms with Crippen molar-refractivity contribution in [2.24, 2.45) is 11.8 Å². The molecule has 18 heavy (non-hydrogen) atoms. The SMILES string of the molecule is CC1CC(C)CN(S(=O)(=O)c2ccc(N)cc2)C1. The van der Waals surface area contributed by atoms with Crippen molar-refractivity contribution < 1.29 is 8.42 Å². The van der Waals surface area contributed by atoms with Crippen molar-refractivity contribution in [2.45, 2.75) is 25.2 Å². The monoisotopic (exact) mass is 268 g/mol. The van der Waals surface area contributed by atoms with Gasteiger partial charge in [0.15, 0.2) is 0 Å². The average Bonchev–Trinajstić information content (AvgIpc) is 2.28. The van der Waals surface area contributed by atoms with Crippen LogP contribution in [-0.4, -0.2) is 25.8 Å². The van der Waals surface area contributed by atoms with E-state index in [9.17, 15) is 8.42 Å². The molecule has 0 bridgehead atoms. The maximum absolute atomic E-state index is 12.5. The lowest BCUT2D eigenvalue weighted by atomic mass is 9.94. The van der Waals surface area contributed by atoms with E-state index < -0.39 is 10.0 Å². The number of nitrogens with two attached hydrogens (primary N) is 1. The van der Waals surface area contributed by atoms with Gasteiger partial charge in [-0.3, -0.25) is 0 Å². The van der Waals surface area contributed by atoms with Gasteiger partial charge in [-0.05, 0) is 42.5 Å². The summed E-state index contributed by atoms with van der Waals surface area (Å²) in [4.78, 5) is 0.331. The van der Waals surface area contributed by atoms with E-state index in [4.69, 9.17) is 5.73 Å². The number of hydrogen-bond donors (Lipinski definition) is 1. The molecule has 4 nitrogen and oxygen atoms in total. The Balaban J connectivity index is 2.28. The number of nitrogen functional groups attached to an aromatic ring is 1. The van der Waals surface area contributed by atoms with Gasteiger partial charge in [0.1, 0.15) is 0 Å². The third-order valence-electron chi connectivity index (χ3n) is 3.35. The van der Waals surface area contributed by atoms with Gasteiger partial charge in [0.2, 0.25) is 10.0 Å². The Labute approximate surface area is 109 Å². The van der Waals surface area contributed by atoms with Crippen molar-refractivity contribution in [3.05, 3.63) is 24.3 Å². The zero-order valence-corrected chi connectivity index (χ0v) is 11.7. The van der Waals surface area contributed by atoms with Crippen LogP contribution in [0.25, 0.3) is 0 Å². The number of nitrogens with zero attached hydrogens (tertiary/aromatic N) is 1. The second-order valence-electron chi connectivity index (χ2n) is 5.34. The van der Waals surface area contributed by atoms with Crippen molar-refractivity contribution in [3.8, 4) is 0 Å². The number of piperidine rings is 1. The maximum Gasteiger partial charge on any atom is 0.243 e. The Kier molecular flexibility index (Phi) is 3.64. The fraction of sp³-hybridized carbons (Fsp3) is 0.538. The number of sulfonamides is 1. The first-order valence-corrected chi connectivity index (χ1v) is 7.69. The van der Waals surface area contributed by atoms with E-state index in [1.54, 1.807) is 28.6 Å². The molecular formula is C13H20N2O2S. The lowest BCUT2D eigenvalue weighted by Crippen LogP contribution is -2.42. The summed E-state index contributed by atoms with van der Waals surface area (Å²) >= 11 is 0. The lowest BCUT2D eigenvalue weighted by Gasteiger charge is -2.34. The van der Waals surface area contributed by atoms with Crippen LogP contribution >= 0.6 is 0 Å². The molecule has 1 aliphatic rings. The van der Waals surface area contributed by atoms with Gasteiger partial charge in [0.05, 0.1) is 4.90 Å². The second kappa shape index (κ2) is 4.90. The van der Waals surface area contributed by atoms with Crippen LogP contribution in [0.4, 0.5) is 5.69 Å². The van der Waals surface area contributed by atoms with Gasteiger partial charge in [-0.25, -0.2) is 8.42 Å². The van der Waals surface area contributed by atoms with E-state index >= 15 is 0 Å². The summed E-state index contributed by atoms with van der Waals surface area (Å²) in [5.41, 5.74) is 6.16. The minimum Gasteiger partial charge on any atom is -0.399 e. The minimum atomic E-state index is -3.37. The zero-order valence-electron chi connectivity index (χ0n) is 10.8. The first-order valence-electron chi connectivity index (χ1n) is 6.25. The number of rotatable bonds is 2. The first-order chi connectivity index (χ1) is 8.39. The predicted molar refractivity (Wildman–Crippen MR) is 72.6 cm³/mol. The predicted octanol–water partition coefficient (Wildman–Crippen LogP) is 1.94. The van der Waals surface area contributed by atoms with Crippen LogP contribution in [0.2, 0.25) is 0 Å². The molecule has 2 N–H and O–H groups in total. The van der Waals surface area contributed by atoms with E-state index in [0.717, 1.165) is 6.42 Å². The van der Waals surface area contributed by atoms with Crippen LogP contribution in [0.3, 0.4) is 0 Å². The molecule has 2 unspecified atom stereocenters. The highest BCUT2D eigenvalue weighted by atomic mass is 32.2. The van der Waals surface area contributed by atoms with E-state index in [0.29, 0.717) is 35.5 Å². The fourth-order valence-electron chi connectivity index (χ4n) is 2.59. The zero-order chi connectivity index (χ0) is 13.3. The molecule has 1 aromatic rings. The highest BCUT2D eigenvalue weighted by Gasteiger charge is 2.31. The highest BCUT2D eigenvalue weighted by molar-refractivity contribution is 7.89. The van der Waals surface area contributed by atoms with Crippen molar-refractivity contribution >= 4 is 15.7 Å². The number of anilines is 1. The molecule has 2 atom stereocenters. The Morgan fingerprint density at radius 2 is 1.61 bits per heavy atom. The molecule has 0 aliphatic carbocycles. The quantitative estimate of drug-likeness (QED) is 0.834. The van der Waals surface area contributed by atoms with Crippen LogP contribution in [0.1, 0.15) is 20.3 Å². The maximum atomic E-state index is 12.5. The molecule has 1 saturated heterocycles. The Bertz CT molecular complexity index is 500. The summed E-state index contributed by atoms with van der Waals surface area (Å²) in [6.45, 7) is 5.41. The minimum absolute atomic E-state index is 0.331. The highest BCUT2D eigenvalue weighted by Crippen LogP contribution is 2.26. The van der Waals surface area contributed by atoms with E-state index in [1.807, 2.05) is 0 Å². The molecule has 100 valence electrons. The molecule has 0 radical (unpaired) electrons. The van der Waals surface area contributed by atoms with Crippen molar-refractivity contribution in [1.29, 1.82) is 0 Å². The third-order valence-corrected chi connectivity index (χ3v) is 5.20. The van der Waals surface area contributed by atoms with Crippen LogP contribution in [0.5, 0.6) is 0 Å². The Hall–Kier alpha value is -1.07. The molecule has 0 saturated carbocycles. The van der Waals surface area contributed by atoms with Gasteiger partial charge in [0.25, 0.3) is 0 Å². The number of benzene rings is 1. The number of hydrogen-bond acceptors (Lipinski definition) is 3. The van der Waals surface area contributed by atoms with Gasteiger partial charge in [-0.15, -0.1) is 0 Å². The van der Waals surface area contributed by atoms with Gasteiger partial charge in [-0.1, -0.05) is 13.8 Å². The summed E-state index contributed by atoms with van der Waals surface area (Å²) < 4.78 is 26.5. The largest absolute Gasteiger partial charge is 0.399 e. The molecular weight excluding hydrogens is 248 g/mol. The molecule has 2 rings (SSSR count). The molecule has 1 heterocycles. The first kappa shape index (κ1) is 13.4. The molecule has 1 aromatic carbocycles. The van der Waals surface area contributed by atoms with E-state index in [-0.39, 0.29) is 0 Å².